The van der Waals surface area contributed by atoms with Gasteiger partial charge in [-0.15, -0.1) is 0 Å². The van der Waals surface area contributed by atoms with E-state index >= 15 is 0 Å². The lowest BCUT2D eigenvalue weighted by atomic mass is 9.73. The standard InChI is InChI=1S/C38H60N2O8/c1-31(2)17-37(18-32(3,4)39(31)11)45-21-35(9,22-46-37)15-27-25(29(41)42)13-14-26(30(43)44)28(27)16-36(10)23-47-38(48-24-36)19-33(5,6)40(12)34(7,8)20-38/h13-14H,15-24H2,1-12H3,(H,41,42)(H,43,44). The maximum atomic E-state index is 12.7. The molecule has 2 N–H and O–H groups in total. The van der Waals surface area contributed by atoms with Crippen molar-refractivity contribution in [2.24, 2.45) is 10.8 Å². The van der Waals surface area contributed by atoms with Crippen LogP contribution in [0.15, 0.2) is 12.1 Å². The summed E-state index contributed by atoms with van der Waals surface area (Å²) in [6.45, 7) is 23.2. The molecule has 4 aliphatic heterocycles. The van der Waals surface area contributed by atoms with Crippen LogP contribution in [-0.4, -0.2) is 106 Å². The molecule has 5 rings (SSSR count). The predicted molar refractivity (Wildman–Crippen MR) is 184 cm³/mol. The first-order chi connectivity index (χ1) is 21.8. The van der Waals surface area contributed by atoms with Gasteiger partial charge in [0, 0.05) is 58.7 Å². The maximum Gasteiger partial charge on any atom is 0.335 e. The number of nitrogens with zero attached hydrogens (tertiary/aromatic N) is 2. The first-order valence-electron chi connectivity index (χ1n) is 17.4. The van der Waals surface area contributed by atoms with Gasteiger partial charge in [0.15, 0.2) is 11.6 Å². The molecule has 0 aromatic heterocycles. The number of carbonyl (C=O) groups is 2. The van der Waals surface area contributed by atoms with Gasteiger partial charge in [-0.3, -0.25) is 9.80 Å². The first-order valence-corrected chi connectivity index (χ1v) is 17.4. The van der Waals surface area contributed by atoms with E-state index < -0.39 is 34.3 Å². The number of hydrogen-bond donors (Lipinski definition) is 2. The Hall–Kier alpha value is -2.08. The van der Waals surface area contributed by atoms with Crippen LogP contribution < -0.4 is 0 Å². The van der Waals surface area contributed by atoms with Crippen LogP contribution >= 0.6 is 0 Å². The largest absolute Gasteiger partial charge is 0.478 e. The van der Waals surface area contributed by atoms with Gasteiger partial charge < -0.3 is 29.2 Å². The molecule has 4 aliphatic rings. The summed E-state index contributed by atoms with van der Waals surface area (Å²) in [4.78, 5) is 30.1. The Bertz CT molecular complexity index is 1280. The number of carboxylic acid groups (broad SMARTS) is 2. The minimum absolute atomic E-state index is 0.106. The van der Waals surface area contributed by atoms with Crippen molar-refractivity contribution in [2.45, 2.75) is 141 Å². The molecule has 1 aromatic rings. The number of hydrogen-bond acceptors (Lipinski definition) is 8. The Kier molecular flexibility index (Phi) is 9.09. The molecule has 0 amide bonds. The molecular formula is C38H60N2O8. The lowest BCUT2D eigenvalue weighted by Crippen LogP contribution is -2.67. The van der Waals surface area contributed by atoms with Gasteiger partial charge in [0.1, 0.15) is 0 Å². The van der Waals surface area contributed by atoms with Crippen LogP contribution in [0, 0.1) is 10.8 Å². The van der Waals surface area contributed by atoms with E-state index in [0.29, 0.717) is 76.1 Å². The lowest BCUT2D eigenvalue weighted by molar-refractivity contribution is -0.339. The van der Waals surface area contributed by atoms with Crippen LogP contribution in [-0.2, 0) is 31.8 Å². The summed E-state index contributed by atoms with van der Waals surface area (Å²) in [6, 6.07) is 2.85. The molecule has 0 saturated carbocycles. The van der Waals surface area contributed by atoms with E-state index in [2.05, 4.69) is 79.3 Å². The van der Waals surface area contributed by atoms with Gasteiger partial charge in [0.05, 0.1) is 37.6 Å². The monoisotopic (exact) mass is 672 g/mol. The Morgan fingerprint density at radius 3 is 1.04 bits per heavy atom. The molecule has 10 heteroatoms. The van der Waals surface area contributed by atoms with Crippen LogP contribution in [0.5, 0.6) is 0 Å². The highest BCUT2D eigenvalue weighted by Gasteiger charge is 2.57. The second kappa shape index (κ2) is 11.7. The van der Waals surface area contributed by atoms with Crippen molar-refractivity contribution in [3.8, 4) is 0 Å². The number of benzene rings is 1. The third kappa shape index (κ3) is 6.82. The van der Waals surface area contributed by atoms with E-state index in [9.17, 15) is 19.8 Å². The summed E-state index contributed by atoms with van der Waals surface area (Å²) in [6.07, 6.45) is 3.43. The number of rotatable bonds is 6. The summed E-state index contributed by atoms with van der Waals surface area (Å²) in [5.41, 5.74) is -0.496. The Morgan fingerprint density at radius 2 is 0.812 bits per heavy atom. The number of ether oxygens (including phenoxy) is 4. The molecule has 0 atom stereocenters. The highest BCUT2D eigenvalue weighted by Crippen LogP contribution is 2.50. The second-order valence-corrected chi connectivity index (χ2v) is 18.8. The van der Waals surface area contributed by atoms with Crippen molar-refractivity contribution in [3.63, 3.8) is 0 Å². The van der Waals surface area contributed by atoms with Crippen LogP contribution in [0.2, 0.25) is 0 Å². The molecule has 0 radical (unpaired) electrons. The topological polar surface area (TPSA) is 118 Å². The SMILES string of the molecule is CN1C(C)(C)CC2(CC1(C)C)OCC(C)(Cc1c(C(=O)O)ccc(C(=O)O)c1CC1(C)COC3(CC(C)(C)N(C)C(C)(C)C3)OC1)CO2. The van der Waals surface area contributed by atoms with Crippen molar-refractivity contribution in [1.82, 2.24) is 9.80 Å². The zero-order chi connectivity index (χ0) is 35.9. The second-order valence-electron chi connectivity index (χ2n) is 18.8. The number of piperidine rings is 2. The maximum absolute atomic E-state index is 12.7. The molecule has 1 aromatic carbocycles. The van der Waals surface area contributed by atoms with E-state index in [-0.39, 0.29) is 33.3 Å². The third-order valence-electron chi connectivity index (χ3n) is 12.3. The molecule has 4 heterocycles. The molecular weight excluding hydrogens is 612 g/mol. The Balaban J connectivity index is 1.42. The van der Waals surface area contributed by atoms with Crippen molar-refractivity contribution in [3.05, 3.63) is 34.4 Å². The zero-order valence-electron chi connectivity index (χ0n) is 31.5. The van der Waals surface area contributed by atoms with Gasteiger partial charge in [-0.1, -0.05) is 13.8 Å². The summed E-state index contributed by atoms with van der Waals surface area (Å²) in [5, 5.41) is 20.7. The fraction of sp³-hybridized carbons (Fsp3) is 0.789. The zero-order valence-corrected chi connectivity index (χ0v) is 31.5. The summed E-state index contributed by atoms with van der Waals surface area (Å²) in [5.74, 6) is -3.65. The van der Waals surface area contributed by atoms with Gasteiger partial charge in [0.2, 0.25) is 0 Å². The van der Waals surface area contributed by atoms with Gasteiger partial charge in [-0.2, -0.15) is 0 Å². The molecule has 0 bridgehead atoms. The highest BCUT2D eigenvalue weighted by molar-refractivity contribution is 5.95. The smallest absolute Gasteiger partial charge is 0.335 e. The third-order valence-corrected chi connectivity index (χ3v) is 12.3. The summed E-state index contributed by atoms with van der Waals surface area (Å²) >= 11 is 0. The lowest BCUT2D eigenvalue weighted by Gasteiger charge is -2.59. The summed E-state index contributed by atoms with van der Waals surface area (Å²) in [7, 11) is 4.28. The van der Waals surface area contributed by atoms with Crippen molar-refractivity contribution in [2.75, 3.05) is 40.5 Å². The minimum atomic E-state index is -1.09. The molecule has 4 saturated heterocycles. The van der Waals surface area contributed by atoms with Gasteiger partial charge in [0.25, 0.3) is 0 Å². The van der Waals surface area contributed by atoms with E-state index in [1.54, 1.807) is 0 Å². The number of aromatic carboxylic acids is 2. The molecule has 4 fully saturated rings. The Morgan fingerprint density at radius 1 is 0.562 bits per heavy atom. The molecule has 0 unspecified atom stereocenters. The van der Waals surface area contributed by atoms with Crippen LogP contribution in [0.3, 0.4) is 0 Å². The number of carboxylic acids is 2. The normalized spacial score (nSPS) is 28.2. The molecule has 0 aliphatic carbocycles. The fourth-order valence-electron chi connectivity index (χ4n) is 9.23. The minimum Gasteiger partial charge on any atom is -0.478 e. The average molecular weight is 673 g/mol. The molecule has 10 nitrogen and oxygen atoms in total. The van der Waals surface area contributed by atoms with Crippen molar-refractivity contribution in [1.29, 1.82) is 0 Å². The first kappa shape index (κ1) is 37.2. The Labute approximate surface area is 287 Å². The highest BCUT2D eigenvalue weighted by atomic mass is 16.7. The van der Waals surface area contributed by atoms with Gasteiger partial charge in [-0.05, 0) is 106 Å². The van der Waals surface area contributed by atoms with Gasteiger partial charge in [-0.25, -0.2) is 9.59 Å². The molecule has 2 spiro atoms. The average Bonchev–Trinajstić information content (AvgIpc) is 2.94. The van der Waals surface area contributed by atoms with E-state index in [1.165, 1.54) is 12.1 Å². The summed E-state index contributed by atoms with van der Waals surface area (Å²) < 4.78 is 26.6. The van der Waals surface area contributed by atoms with Crippen LogP contribution in [0.1, 0.15) is 127 Å². The van der Waals surface area contributed by atoms with E-state index in [1.807, 2.05) is 13.8 Å². The molecule has 270 valence electrons. The molecule has 48 heavy (non-hydrogen) atoms. The van der Waals surface area contributed by atoms with E-state index in [4.69, 9.17) is 18.9 Å². The van der Waals surface area contributed by atoms with Gasteiger partial charge >= 0.3 is 11.9 Å². The van der Waals surface area contributed by atoms with E-state index in [0.717, 1.165) is 0 Å². The van der Waals surface area contributed by atoms with Crippen LogP contribution in [0.25, 0.3) is 0 Å². The number of likely N-dealkylation sites (tertiary alicyclic amines) is 2. The van der Waals surface area contributed by atoms with Crippen molar-refractivity contribution >= 4 is 11.9 Å². The predicted octanol–water partition coefficient (Wildman–Crippen LogP) is 6.23. The fourth-order valence-corrected chi connectivity index (χ4v) is 9.23. The van der Waals surface area contributed by atoms with Crippen molar-refractivity contribution < 1.29 is 38.7 Å². The van der Waals surface area contributed by atoms with Crippen LogP contribution in [0.4, 0.5) is 0 Å². The quantitative estimate of drug-likeness (QED) is 0.360.